The van der Waals surface area contributed by atoms with Crippen LogP contribution in [0.4, 0.5) is 0 Å². The topological polar surface area (TPSA) is 47.6 Å². The second kappa shape index (κ2) is 4.23. The van der Waals surface area contributed by atoms with Crippen LogP contribution in [0.25, 0.3) is 6.08 Å². The molecule has 4 heteroatoms. The molecular weight excluding hydrogens is 248 g/mol. The average molecular weight is 253 g/mol. The maximum Gasteiger partial charge on any atom is 0.131 e. The van der Waals surface area contributed by atoms with Crippen LogP contribution in [0.5, 0.6) is 0 Å². The summed E-state index contributed by atoms with van der Waals surface area (Å²) in [6, 6.07) is 5.54. The highest BCUT2D eigenvalue weighted by molar-refractivity contribution is 9.10. The highest BCUT2D eigenvalue weighted by Crippen LogP contribution is 2.27. The van der Waals surface area contributed by atoms with E-state index in [0.717, 1.165) is 14.2 Å². The second-order valence-electron chi connectivity index (χ2n) is 2.33. The minimum atomic E-state index is 0.133. The molecule has 1 aromatic heterocycles. The Labute approximate surface area is 88.9 Å². The standard InChI is InChI=1S/C9H5BrN2S/c1-6-9(10)3-8(13-6)2-7(4-11)5-12/h2-3H,1H3. The third kappa shape index (κ3) is 2.42. The maximum absolute atomic E-state index is 8.52. The number of hydrogen-bond acceptors (Lipinski definition) is 3. The average Bonchev–Trinajstić information content (AvgIpc) is 2.42. The summed E-state index contributed by atoms with van der Waals surface area (Å²) in [5.41, 5.74) is 0.133. The van der Waals surface area contributed by atoms with Crippen LogP contribution in [-0.4, -0.2) is 0 Å². The molecule has 0 aliphatic rings. The molecule has 2 nitrogen and oxygen atoms in total. The predicted molar refractivity (Wildman–Crippen MR) is 56.0 cm³/mol. The Morgan fingerprint density at radius 1 is 1.54 bits per heavy atom. The molecule has 64 valence electrons. The molecule has 0 atom stereocenters. The minimum absolute atomic E-state index is 0.133. The summed E-state index contributed by atoms with van der Waals surface area (Å²) in [6.07, 6.45) is 1.59. The molecule has 0 unspecified atom stereocenters. The van der Waals surface area contributed by atoms with E-state index in [-0.39, 0.29) is 5.57 Å². The van der Waals surface area contributed by atoms with Crippen molar-refractivity contribution in [1.29, 1.82) is 10.5 Å². The smallest absolute Gasteiger partial charge is 0.131 e. The van der Waals surface area contributed by atoms with Crippen LogP contribution in [0.3, 0.4) is 0 Å². The van der Waals surface area contributed by atoms with Crippen molar-refractivity contribution >= 4 is 33.3 Å². The van der Waals surface area contributed by atoms with E-state index in [0.29, 0.717) is 0 Å². The van der Waals surface area contributed by atoms with Gasteiger partial charge in [0.15, 0.2) is 0 Å². The summed E-state index contributed by atoms with van der Waals surface area (Å²) < 4.78 is 1.01. The number of thiophene rings is 1. The first-order chi connectivity index (χ1) is 6.17. The van der Waals surface area contributed by atoms with Crippen LogP contribution in [0, 0.1) is 29.6 Å². The lowest BCUT2D eigenvalue weighted by atomic mass is 10.3. The summed E-state index contributed by atoms with van der Waals surface area (Å²) in [5, 5.41) is 17.0. The van der Waals surface area contributed by atoms with Gasteiger partial charge in [0.25, 0.3) is 0 Å². The van der Waals surface area contributed by atoms with Crippen molar-refractivity contribution in [2.24, 2.45) is 0 Å². The van der Waals surface area contributed by atoms with Crippen molar-refractivity contribution in [3.8, 4) is 12.1 Å². The van der Waals surface area contributed by atoms with Gasteiger partial charge in [0.1, 0.15) is 17.7 Å². The Morgan fingerprint density at radius 2 is 2.15 bits per heavy atom. The number of rotatable bonds is 1. The lowest BCUT2D eigenvalue weighted by Crippen LogP contribution is -1.68. The first-order valence-corrected chi connectivity index (χ1v) is 5.06. The number of aryl methyl sites for hydroxylation is 1. The van der Waals surface area contributed by atoms with Crippen LogP contribution in [-0.2, 0) is 0 Å². The monoisotopic (exact) mass is 252 g/mol. The van der Waals surface area contributed by atoms with E-state index < -0.39 is 0 Å². The van der Waals surface area contributed by atoms with Gasteiger partial charge in [-0.05, 0) is 35.0 Å². The van der Waals surface area contributed by atoms with Crippen molar-refractivity contribution in [2.75, 3.05) is 0 Å². The number of hydrogen-bond donors (Lipinski definition) is 0. The Hall–Kier alpha value is -1.10. The molecule has 0 aromatic carbocycles. The molecule has 0 spiro atoms. The number of nitrogens with zero attached hydrogens (tertiary/aromatic N) is 2. The van der Waals surface area contributed by atoms with E-state index in [2.05, 4.69) is 15.9 Å². The first kappa shape index (κ1) is 9.98. The van der Waals surface area contributed by atoms with Crippen molar-refractivity contribution in [1.82, 2.24) is 0 Å². The van der Waals surface area contributed by atoms with Crippen LogP contribution in [0.15, 0.2) is 16.1 Å². The molecule has 0 aliphatic heterocycles. The van der Waals surface area contributed by atoms with Crippen LogP contribution >= 0.6 is 27.3 Å². The zero-order chi connectivity index (χ0) is 9.84. The third-order valence-corrected chi connectivity index (χ3v) is 3.49. The quantitative estimate of drug-likeness (QED) is 0.721. The van der Waals surface area contributed by atoms with Gasteiger partial charge >= 0.3 is 0 Å². The number of allylic oxidation sites excluding steroid dienone is 1. The van der Waals surface area contributed by atoms with Gasteiger partial charge in [-0.1, -0.05) is 0 Å². The molecule has 0 saturated carbocycles. The Bertz CT molecular complexity index is 396. The maximum atomic E-state index is 8.52. The minimum Gasteiger partial charge on any atom is -0.192 e. The fourth-order valence-corrected chi connectivity index (χ4v) is 2.29. The Morgan fingerprint density at radius 3 is 2.54 bits per heavy atom. The molecule has 13 heavy (non-hydrogen) atoms. The zero-order valence-corrected chi connectivity index (χ0v) is 9.24. The molecule has 0 fully saturated rings. The molecule has 1 rings (SSSR count). The Kier molecular flexibility index (Phi) is 3.25. The van der Waals surface area contributed by atoms with Crippen LogP contribution in [0.2, 0.25) is 0 Å². The molecule has 0 radical (unpaired) electrons. The molecule has 0 bridgehead atoms. The fourth-order valence-electron chi connectivity index (χ4n) is 0.784. The normalized spacial score (nSPS) is 8.62. The summed E-state index contributed by atoms with van der Waals surface area (Å²) in [5.74, 6) is 0. The van der Waals surface area contributed by atoms with E-state index >= 15 is 0 Å². The molecule has 0 N–H and O–H groups in total. The van der Waals surface area contributed by atoms with Gasteiger partial charge in [-0.3, -0.25) is 0 Å². The molecule has 0 saturated heterocycles. The number of halogens is 1. The highest BCUT2D eigenvalue weighted by Gasteiger charge is 2.01. The van der Waals surface area contributed by atoms with E-state index in [1.165, 1.54) is 0 Å². The van der Waals surface area contributed by atoms with Crippen LogP contribution in [0.1, 0.15) is 9.75 Å². The summed E-state index contributed by atoms with van der Waals surface area (Å²) in [6.45, 7) is 1.98. The van der Waals surface area contributed by atoms with Gasteiger partial charge in [0.2, 0.25) is 0 Å². The van der Waals surface area contributed by atoms with Gasteiger partial charge in [0, 0.05) is 14.2 Å². The highest BCUT2D eigenvalue weighted by atomic mass is 79.9. The molecule has 1 aromatic rings. The zero-order valence-electron chi connectivity index (χ0n) is 6.84. The summed E-state index contributed by atoms with van der Waals surface area (Å²) in [7, 11) is 0. The van der Waals surface area contributed by atoms with Crippen molar-refractivity contribution in [2.45, 2.75) is 6.92 Å². The lowest BCUT2D eigenvalue weighted by molar-refractivity contribution is 1.47. The van der Waals surface area contributed by atoms with Gasteiger partial charge in [-0.15, -0.1) is 11.3 Å². The summed E-state index contributed by atoms with van der Waals surface area (Å²) in [4.78, 5) is 2.06. The van der Waals surface area contributed by atoms with E-state index in [1.54, 1.807) is 17.4 Å². The van der Waals surface area contributed by atoms with Crippen LogP contribution < -0.4 is 0 Å². The SMILES string of the molecule is Cc1sc(C=C(C#N)C#N)cc1Br. The largest absolute Gasteiger partial charge is 0.192 e. The second-order valence-corrected chi connectivity index (χ2v) is 4.48. The van der Waals surface area contributed by atoms with E-state index in [9.17, 15) is 0 Å². The van der Waals surface area contributed by atoms with Crippen molar-refractivity contribution < 1.29 is 0 Å². The lowest BCUT2D eigenvalue weighted by Gasteiger charge is -1.81. The van der Waals surface area contributed by atoms with E-state index in [4.69, 9.17) is 10.5 Å². The van der Waals surface area contributed by atoms with Gasteiger partial charge in [0.05, 0.1) is 0 Å². The van der Waals surface area contributed by atoms with Gasteiger partial charge in [-0.2, -0.15) is 10.5 Å². The predicted octanol–water partition coefficient (Wildman–Crippen LogP) is 3.25. The van der Waals surface area contributed by atoms with Crippen molar-refractivity contribution in [3.63, 3.8) is 0 Å². The number of nitriles is 2. The first-order valence-electron chi connectivity index (χ1n) is 3.45. The Balaban J connectivity index is 3.07. The molecule has 1 heterocycles. The van der Waals surface area contributed by atoms with E-state index in [1.807, 2.05) is 25.1 Å². The summed E-state index contributed by atoms with van der Waals surface area (Å²) >= 11 is 4.91. The van der Waals surface area contributed by atoms with Gasteiger partial charge < -0.3 is 0 Å². The molecule has 0 aliphatic carbocycles. The third-order valence-electron chi connectivity index (χ3n) is 1.40. The molecule has 0 amide bonds. The van der Waals surface area contributed by atoms with Gasteiger partial charge in [-0.25, -0.2) is 0 Å². The fraction of sp³-hybridized carbons (Fsp3) is 0.111. The van der Waals surface area contributed by atoms with Crippen molar-refractivity contribution in [3.05, 3.63) is 25.9 Å². The molecular formula is C9H5BrN2S.